The summed E-state index contributed by atoms with van der Waals surface area (Å²) in [7, 11) is 1.85. The Bertz CT molecular complexity index is 624. The van der Waals surface area contributed by atoms with Crippen LogP contribution < -0.4 is 10.1 Å². The zero-order valence-electron chi connectivity index (χ0n) is 11.6. The molecule has 2 aromatic rings. The fourth-order valence-electron chi connectivity index (χ4n) is 2.69. The van der Waals surface area contributed by atoms with Crippen LogP contribution in [0.15, 0.2) is 36.4 Å². The Morgan fingerprint density at radius 1 is 1.20 bits per heavy atom. The molecule has 0 atom stereocenters. The number of aryl methyl sites for hydroxylation is 1. The molecule has 20 heavy (non-hydrogen) atoms. The first kappa shape index (κ1) is 13.1. The first-order chi connectivity index (χ1) is 9.79. The van der Waals surface area contributed by atoms with Crippen LogP contribution in [0.25, 0.3) is 11.1 Å². The van der Waals surface area contributed by atoms with Gasteiger partial charge in [-0.15, -0.1) is 0 Å². The highest BCUT2D eigenvalue weighted by atomic mass is 19.1. The van der Waals surface area contributed by atoms with Crippen LogP contribution in [0.5, 0.6) is 5.75 Å². The van der Waals surface area contributed by atoms with Crippen LogP contribution in [0.2, 0.25) is 0 Å². The molecule has 0 spiro atoms. The van der Waals surface area contributed by atoms with Crippen LogP contribution >= 0.6 is 0 Å². The van der Waals surface area contributed by atoms with Crippen molar-refractivity contribution in [3.63, 3.8) is 0 Å². The van der Waals surface area contributed by atoms with Crippen molar-refractivity contribution in [1.82, 2.24) is 5.32 Å². The average molecular weight is 271 g/mol. The molecule has 2 nitrogen and oxygen atoms in total. The minimum atomic E-state index is -0.194. The Morgan fingerprint density at radius 2 is 2.10 bits per heavy atom. The summed E-state index contributed by atoms with van der Waals surface area (Å²) in [5.41, 5.74) is 3.59. The molecule has 0 aromatic heterocycles. The number of hydrogen-bond donors (Lipinski definition) is 1. The van der Waals surface area contributed by atoms with Gasteiger partial charge in [0.1, 0.15) is 11.6 Å². The zero-order chi connectivity index (χ0) is 13.9. The van der Waals surface area contributed by atoms with Gasteiger partial charge in [-0.25, -0.2) is 4.39 Å². The molecule has 2 aromatic carbocycles. The molecule has 1 aliphatic rings. The van der Waals surface area contributed by atoms with Crippen LogP contribution in [-0.2, 0) is 13.0 Å². The van der Waals surface area contributed by atoms with Gasteiger partial charge in [0.2, 0.25) is 0 Å². The van der Waals surface area contributed by atoms with E-state index < -0.39 is 0 Å². The van der Waals surface area contributed by atoms with Crippen LogP contribution in [0.1, 0.15) is 17.5 Å². The van der Waals surface area contributed by atoms with E-state index in [-0.39, 0.29) is 5.82 Å². The minimum absolute atomic E-state index is 0.194. The summed E-state index contributed by atoms with van der Waals surface area (Å²) in [6.07, 6.45) is 2.03. The van der Waals surface area contributed by atoms with E-state index in [1.807, 2.05) is 31.3 Å². The van der Waals surface area contributed by atoms with Gasteiger partial charge < -0.3 is 10.1 Å². The van der Waals surface area contributed by atoms with Gasteiger partial charge in [-0.2, -0.15) is 0 Å². The topological polar surface area (TPSA) is 21.3 Å². The molecule has 0 bridgehead atoms. The monoisotopic (exact) mass is 271 g/mol. The molecule has 3 heteroatoms. The second-order valence-electron chi connectivity index (χ2n) is 5.09. The summed E-state index contributed by atoms with van der Waals surface area (Å²) in [5.74, 6) is 0.652. The number of benzene rings is 2. The first-order valence-electron chi connectivity index (χ1n) is 6.97. The van der Waals surface area contributed by atoms with Gasteiger partial charge in [-0.1, -0.05) is 30.3 Å². The predicted molar refractivity (Wildman–Crippen MR) is 78.4 cm³/mol. The molecule has 0 saturated carbocycles. The maximum Gasteiger partial charge on any atom is 0.131 e. The number of ether oxygens (including phenoxy) is 1. The quantitative estimate of drug-likeness (QED) is 0.922. The minimum Gasteiger partial charge on any atom is -0.493 e. The second-order valence-corrected chi connectivity index (χ2v) is 5.09. The van der Waals surface area contributed by atoms with Crippen molar-refractivity contribution in [2.75, 3.05) is 13.7 Å². The van der Waals surface area contributed by atoms with Crippen LogP contribution in [0, 0.1) is 5.82 Å². The Kier molecular flexibility index (Phi) is 3.70. The van der Waals surface area contributed by atoms with E-state index in [1.54, 1.807) is 6.07 Å². The van der Waals surface area contributed by atoms with Crippen LogP contribution in [-0.4, -0.2) is 13.7 Å². The van der Waals surface area contributed by atoms with Crippen molar-refractivity contribution in [1.29, 1.82) is 0 Å². The molecule has 3 rings (SSSR count). The van der Waals surface area contributed by atoms with E-state index in [0.29, 0.717) is 18.7 Å². The Balaban J connectivity index is 2.05. The van der Waals surface area contributed by atoms with E-state index in [9.17, 15) is 4.39 Å². The normalized spacial score (nSPS) is 13.7. The molecule has 0 saturated heterocycles. The second kappa shape index (κ2) is 5.63. The van der Waals surface area contributed by atoms with Crippen molar-refractivity contribution < 1.29 is 9.13 Å². The largest absolute Gasteiger partial charge is 0.493 e. The van der Waals surface area contributed by atoms with E-state index in [1.165, 1.54) is 5.56 Å². The maximum absolute atomic E-state index is 14.3. The zero-order valence-corrected chi connectivity index (χ0v) is 11.6. The fourth-order valence-corrected chi connectivity index (χ4v) is 2.69. The summed E-state index contributed by atoms with van der Waals surface area (Å²) in [6.45, 7) is 1.38. The van der Waals surface area contributed by atoms with Crippen LogP contribution in [0.3, 0.4) is 0 Å². The number of rotatable bonds is 3. The van der Waals surface area contributed by atoms with Gasteiger partial charge in [0.05, 0.1) is 6.61 Å². The Hall–Kier alpha value is -1.87. The van der Waals surface area contributed by atoms with Gasteiger partial charge in [-0.05, 0) is 37.1 Å². The lowest BCUT2D eigenvalue weighted by atomic mass is 9.96. The molecule has 1 aliphatic heterocycles. The standard InChI is InChI=1S/C17H18FNO/c1-19-11-12-7-8-14(16(18)10-12)15-6-2-4-13-5-3-9-20-17(13)15/h2,4,6-8,10,19H,3,5,9,11H2,1H3. The summed E-state index contributed by atoms with van der Waals surface area (Å²) < 4.78 is 20.1. The van der Waals surface area contributed by atoms with Crippen molar-refractivity contribution in [2.24, 2.45) is 0 Å². The van der Waals surface area contributed by atoms with Gasteiger partial charge in [0.15, 0.2) is 0 Å². The lowest BCUT2D eigenvalue weighted by Gasteiger charge is -2.20. The molecule has 0 fully saturated rings. The number of fused-ring (bicyclic) bond motifs is 1. The molecule has 104 valence electrons. The van der Waals surface area contributed by atoms with E-state index in [4.69, 9.17) is 4.74 Å². The van der Waals surface area contributed by atoms with Crippen molar-refractivity contribution >= 4 is 0 Å². The number of hydrogen-bond acceptors (Lipinski definition) is 2. The third-order valence-electron chi connectivity index (χ3n) is 3.64. The molecule has 1 N–H and O–H groups in total. The lowest BCUT2D eigenvalue weighted by Crippen LogP contribution is -2.09. The van der Waals surface area contributed by atoms with Gasteiger partial charge in [-0.3, -0.25) is 0 Å². The lowest BCUT2D eigenvalue weighted by molar-refractivity contribution is 0.289. The fraction of sp³-hybridized carbons (Fsp3) is 0.294. The molecule has 1 heterocycles. The van der Waals surface area contributed by atoms with E-state index >= 15 is 0 Å². The third kappa shape index (κ3) is 2.41. The number of halogens is 1. The molecule has 0 amide bonds. The highest BCUT2D eigenvalue weighted by Crippen LogP contribution is 2.37. The molecular weight excluding hydrogens is 253 g/mol. The first-order valence-corrected chi connectivity index (χ1v) is 6.97. The third-order valence-corrected chi connectivity index (χ3v) is 3.64. The molecule has 0 aliphatic carbocycles. The highest BCUT2D eigenvalue weighted by Gasteiger charge is 2.17. The van der Waals surface area contributed by atoms with Crippen molar-refractivity contribution in [3.8, 4) is 16.9 Å². The van der Waals surface area contributed by atoms with Gasteiger partial charge in [0, 0.05) is 17.7 Å². The summed E-state index contributed by atoms with van der Waals surface area (Å²) in [4.78, 5) is 0. The molecule has 0 unspecified atom stereocenters. The SMILES string of the molecule is CNCc1ccc(-c2cccc3c2OCCC3)c(F)c1. The Morgan fingerprint density at radius 3 is 2.90 bits per heavy atom. The number of para-hydroxylation sites is 1. The summed E-state index contributed by atoms with van der Waals surface area (Å²) in [5, 5.41) is 3.03. The van der Waals surface area contributed by atoms with Gasteiger partial charge >= 0.3 is 0 Å². The molecular formula is C17H18FNO. The Labute approximate surface area is 118 Å². The molecule has 0 radical (unpaired) electrons. The van der Waals surface area contributed by atoms with Gasteiger partial charge in [0.25, 0.3) is 0 Å². The van der Waals surface area contributed by atoms with E-state index in [0.717, 1.165) is 29.7 Å². The van der Waals surface area contributed by atoms with Crippen molar-refractivity contribution in [2.45, 2.75) is 19.4 Å². The predicted octanol–water partition coefficient (Wildman–Crippen LogP) is 3.54. The van der Waals surface area contributed by atoms with Crippen LogP contribution in [0.4, 0.5) is 4.39 Å². The number of nitrogens with one attached hydrogen (secondary N) is 1. The smallest absolute Gasteiger partial charge is 0.131 e. The average Bonchev–Trinajstić information content (AvgIpc) is 2.47. The van der Waals surface area contributed by atoms with E-state index in [2.05, 4.69) is 11.4 Å². The summed E-state index contributed by atoms with van der Waals surface area (Å²) >= 11 is 0. The summed E-state index contributed by atoms with van der Waals surface area (Å²) in [6, 6.07) is 11.4. The highest BCUT2D eigenvalue weighted by molar-refractivity contribution is 5.73. The van der Waals surface area contributed by atoms with Crippen molar-refractivity contribution in [3.05, 3.63) is 53.3 Å². The maximum atomic E-state index is 14.3.